The van der Waals surface area contributed by atoms with Gasteiger partial charge in [0.25, 0.3) is 5.56 Å². The standard InChI is InChI=1S/C25H27N3O3S/c1-16(17-7-3-2-4-8-17)26-25(32)28(20-9-5-6-10-20)14-19-11-18-12-22-23(31-15-30-22)13-21(18)27-24(19)29/h2-4,7-8,11-13,16,20H,5-6,9-10,14-15H2,1H3,(H,26,32)(H,27,29)/t16-/m1/s1. The second kappa shape index (κ2) is 8.82. The second-order valence-electron chi connectivity index (χ2n) is 8.56. The molecule has 0 bridgehead atoms. The maximum atomic E-state index is 12.9. The van der Waals surface area contributed by atoms with Crippen molar-refractivity contribution < 1.29 is 9.47 Å². The molecule has 6 nitrogen and oxygen atoms in total. The number of nitrogens with zero attached hydrogens (tertiary/aromatic N) is 1. The van der Waals surface area contributed by atoms with E-state index in [1.54, 1.807) is 0 Å². The van der Waals surface area contributed by atoms with E-state index >= 15 is 0 Å². The van der Waals surface area contributed by atoms with Crippen LogP contribution < -0.4 is 20.3 Å². The lowest BCUT2D eigenvalue weighted by Crippen LogP contribution is -2.46. The lowest BCUT2D eigenvalue weighted by atomic mass is 10.1. The Bertz CT molecular complexity index is 1190. The molecule has 1 aromatic heterocycles. The minimum absolute atomic E-state index is 0.0854. The van der Waals surface area contributed by atoms with E-state index in [0.717, 1.165) is 23.7 Å². The van der Waals surface area contributed by atoms with E-state index in [4.69, 9.17) is 21.7 Å². The summed E-state index contributed by atoms with van der Waals surface area (Å²) in [6, 6.07) is 16.4. The van der Waals surface area contributed by atoms with Crippen LogP contribution in [0.1, 0.15) is 49.8 Å². The van der Waals surface area contributed by atoms with Crippen LogP contribution in [0.3, 0.4) is 0 Å². The van der Waals surface area contributed by atoms with Crippen molar-refractivity contribution >= 4 is 28.2 Å². The number of aromatic nitrogens is 1. The van der Waals surface area contributed by atoms with Crippen LogP contribution in [-0.4, -0.2) is 27.8 Å². The average molecular weight is 450 g/mol. The van der Waals surface area contributed by atoms with Gasteiger partial charge >= 0.3 is 0 Å². The summed E-state index contributed by atoms with van der Waals surface area (Å²) in [6.07, 6.45) is 4.56. The van der Waals surface area contributed by atoms with Crippen molar-refractivity contribution in [1.29, 1.82) is 0 Å². The number of fused-ring (bicyclic) bond motifs is 2. The predicted molar refractivity (Wildman–Crippen MR) is 129 cm³/mol. The summed E-state index contributed by atoms with van der Waals surface area (Å²) >= 11 is 5.86. The molecule has 1 fully saturated rings. The Morgan fingerprint density at radius 2 is 1.88 bits per heavy atom. The first-order valence-corrected chi connectivity index (χ1v) is 11.6. The molecule has 0 unspecified atom stereocenters. The molecule has 0 spiro atoms. The van der Waals surface area contributed by atoms with Crippen molar-refractivity contribution in [3.8, 4) is 11.5 Å². The molecule has 7 heteroatoms. The van der Waals surface area contributed by atoms with Crippen LogP contribution in [0.5, 0.6) is 11.5 Å². The maximum absolute atomic E-state index is 12.9. The van der Waals surface area contributed by atoms with Gasteiger partial charge in [0.1, 0.15) is 0 Å². The minimum atomic E-state index is -0.0988. The summed E-state index contributed by atoms with van der Waals surface area (Å²) in [4.78, 5) is 18.1. The van der Waals surface area contributed by atoms with E-state index in [2.05, 4.69) is 34.3 Å². The molecule has 3 aromatic rings. The number of hydrogen-bond acceptors (Lipinski definition) is 4. The van der Waals surface area contributed by atoms with Gasteiger partial charge < -0.3 is 24.7 Å². The van der Waals surface area contributed by atoms with Crippen molar-refractivity contribution in [2.75, 3.05) is 6.79 Å². The van der Waals surface area contributed by atoms with E-state index in [9.17, 15) is 4.79 Å². The molecule has 0 radical (unpaired) electrons. The molecule has 1 aliphatic carbocycles. The third-order valence-electron chi connectivity index (χ3n) is 6.42. The molecule has 2 aliphatic rings. The molecule has 166 valence electrons. The van der Waals surface area contributed by atoms with Gasteiger partial charge in [0.05, 0.1) is 18.1 Å². The summed E-state index contributed by atoms with van der Waals surface area (Å²) in [5.41, 5.74) is 2.52. The highest BCUT2D eigenvalue weighted by Crippen LogP contribution is 2.35. The molecule has 2 aromatic carbocycles. The van der Waals surface area contributed by atoms with E-state index in [1.807, 2.05) is 36.4 Å². The molecule has 0 amide bonds. The van der Waals surface area contributed by atoms with Crippen LogP contribution in [0.15, 0.2) is 53.3 Å². The lowest BCUT2D eigenvalue weighted by molar-refractivity contribution is 0.174. The number of rotatable bonds is 5. The molecular weight excluding hydrogens is 422 g/mol. The third-order valence-corrected chi connectivity index (χ3v) is 6.77. The third kappa shape index (κ3) is 4.17. The smallest absolute Gasteiger partial charge is 0.253 e. The molecular formula is C25H27N3O3S. The van der Waals surface area contributed by atoms with Gasteiger partial charge in [-0.15, -0.1) is 0 Å². The monoisotopic (exact) mass is 449 g/mol. The van der Waals surface area contributed by atoms with Crippen LogP contribution in [0.25, 0.3) is 10.9 Å². The summed E-state index contributed by atoms with van der Waals surface area (Å²) in [5, 5.41) is 5.11. The van der Waals surface area contributed by atoms with Gasteiger partial charge in [0, 0.05) is 23.1 Å². The first kappa shape index (κ1) is 20.8. The van der Waals surface area contributed by atoms with Gasteiger partial charge in [-0.2, -0.15) is 0 Å². The number of pyridine rings is 1. The number of hydrogen-bond donors (Lipinski definition) is 2. The Morgan fingerprint density at radius 3 is 2.62 bits per heavy atom. The fourth-order valence-electron chi connectivity index (χ4n) is 4.62. The number of nitrogens with one attached hydrogen (secondary N) is 2. The first-order chi connectivity index (χ1) is 15.6. The number of ether oxygens (including phenoxy) is 2. The number of thiocarbonyl (C=S) groups is 1. The van der Waals surface area contributed by atoms with Gasteiger partial charge in [-0.25, -0.2) is 0 Å². The van der Waals surface area contributed by atoms with Crippen LogP contribution in [-0.2, 0) is 6.54 Å². The second-order valence-corrected chi connectivity index (χ2v) is 8.95. The summed E-state index contributed by atoms with van der Waals surface area (Å²) in [6.45, 7) is 2.79. The topological polar surface area (TPSA) is 66.6 Å². The SMILES string of the molecule is C[C@@H](NC(=S)N(Cc1cc2cc3c(cc2[nH]c1=O)OCO3)C1CCCC1)c1ccccc1. The maximum Gasteiger partial charge on any atom is 0.253 e. The summed E-state index contributed by atoms with van der Waals surface area (Å²) in [7, 11) is 0. The fraction of sp³-hybridized carbons (Fsp3) is 0.360. The highest BCUT2D eigenvalue weighted by atomic mass is 32.1. The fourth-order valence-corrected chi connectivity index (χ4v) is 5.01. The first-order valence-electron chi connectivity index (χ1n) is 11.2. The van der Waals surface area contributed by atoms with Gasteiger partial charge in [0.2, 0.25) is 6.79 Å². The molecule has 0 saturated heterocycles. The Morgan fingerprint density at radius 1 is 1.16 bits per heavy atom. The Hall–Kier alpha value is -3.06. The zero-order chi connectivity index (χ0) is 22.1. The highest BCUT2D eigenvalue weighted by molar-refractivity contribution is 7.80. The van der Waals surface area contributed by atoms with Crippen LogP contribution in [0.4, 0.5) is 0 Å². The molecule has 1 saturated carbocycles. The van der Waals surface area contributed by atoms with E-state index in [-0.39, 0.29) is 18.4 Å². The lowest BCUT2D eigenvalue weighted by Gasteiger charge is -2.33. The number of benzene rings is 2. The van der Waals surface area contributed by atoms with Crippen LogP contribution >= 0.6 is 12.2 Å². The zero-order valence-electron chi connectivity index (χ0n) is 18.1. The molecule has 5 rings (SSSR count). The van der Waals surface area contributed by atoms with Gasteiger partial charge in [-0.3, -0.25) is 4.79 Å². The Labute approximate surface area is 192 Å². The largest absolute Gasteiger partial charge is 0.454 e. The highest BCUT2D eigenvalue weighted by Gasteiger charge is 2.26. The Balaban J connectivity index is 1.42. The van der Waals surface area contributed by atoms with E-state index in [0.29, 0.717) is 34.8 Å². The zero-order valence-corrected chi connectivity index (χ0v) is 18.9. The van der Waals surface area contributed by atoms with Crippen molar-refractivity contribution in [2.45, 2.75) is 51.2 Å². The van der Waals surface area contributed by atoms with E-state index < -0.39 is 0 Å². The van der Waals surface area contributed by atoms with Gasteiger partial charge in [0.15, 0.2) is 16.6 Å². The van der Waals surface area contributed by atoms with Gasteiger partial charge in [-0.05, 0) is 49.7 Å². The minimum Gasteiger partial charge on any atom is -0.454 e. The van der Waals surface area contributed by atoms with Crippen LogP contribution in [0, 0.1) is 0 Å². The molecule has 2 N–H and O–H groups in total. The number of H-pyrrole nitrogens is 1. The molecule has 2 heterocycles. The quantitative estimate of drug-likeness (QED) is 0.554. The molecule has 32 heavy (non-hydrogen) atoms. The van der Waals surface area contributed by atoms with Crippen molar-refractivity contribution in [3.05, 3.63) is 70.0 Å². The van der Waals surface area contributed by atoms with Gasteiger partial charge in [-0.1, -0.05) is 43.2 Å². The summed E-state index contributed by atoms with van der Waals surface area (Å²) < 4.78 is 10.9. The van der Waals surface area contributed by atoms with Crippen molar-refractivity contribution in [1.82, 2.24) is 15.2 Å². The van der Waals surface area contributed by atoms with Crippen molar-refractivity contribution in [2.24, 2.45) is 0 Å². The van der Waals surface area contributed by atoms with E-state index in [1.165, 1.54) is 18.4 Å². The molecule has 1 atom stereocenters. The summed E-state index contributed by atoms with van der Waals surface area (Å²) in [5.74, 6) is 1.37. The molecule has 1 aliphatic heterocycles. The normalized spacial score (nSPS) is 16.3. The predicted octanol–water partition coefficient (Wildman–Crippen LogP) is 4.64. The van der Waals surface area contributed by atoms with Crippen LogP contribution in [0.2, 0.25) is 0 Å². The number of aromatic amines is 1. The average Bonchev–Trinajstić information content (AvgIpc) is 3.48. The van der Waals surface area contributed by atoms with Crippen molar-refractivity contribution in [3.63, 3.8) is 0 Å². The Kier molecular flexibility index (Phi) is 5.74.